The summed E-state index contributed by atoms with van der Waals surface area (Å²) >= 11 is 1.67. The van der Waals surface area contributed by atoms with Crippen LogP contribution in [0.3, 0.4) is 0 Å². The average Bonchev–Trinajstić information content (AvgIpc) is 3.32. The van der Waals surface area contributed by atoms with Gasteiger partial charge in [0.05, 0.1) is 30.2 Å². The van der Waals surface area contributed by atoms with E-state index in [1.54, 1.807) is 18.4 Å². The maximum Gasteiger partial charge on any atom is 0.191 e. The molecule has 144 valence electrons. The van der Waals surface area contributed by atoms with Crippen molar-refractivity contribution >= 4 is 41.3 Å². The number of nitrogens with zero attached hydrogens (tertiary/aromatic N) is 4. The van der Waals surface area contributed by atoms with Gasteiger partial charge >= 0.3 is 0 Å². The fourth-order valence-corrected chi connectivity index (χ4v) is 3.30. The number of hydrogen-bond donors (Lipinski definition) is 2. The summed E-state index contributed by atoms with van der Waals surface area (Å²) in [5, 5.41) is 14.4. The van der Waals surface area contributed by atoms with Crippen molar-refractivity contribution in [1.29, 1.82) is 0 Å². The van der Waals surface area contributed by atoms with Gasteiger partial charge in [-0.2, -0.15) is 5.10 Å². The molecule has 0 saturated carbocycles. The molecule has 3 rings (SSSR count). The van der Waals surface area contributed by atoms with Gasteiger partial charge in [0.25, 0.3) is 0 Å². The fourth-order valence-electron chi connectivity index (χ4n) is 2.41. The molecule has 0 unspecified atom stereocenters. The third-order valence-electron chi connectivity index (χ3n) is 3.89. The molecule has 2 heterocycles. The monoisotopic (exact) mass is 496 g/mol. The van der Waals surface area contributed by atoms with E-state index in [4.69, 9.17) is 0 Å². The summed E-state index contributed by atoms with van der Waals surface area (Å²) in [5.41, 5.74) is 3.14. The molecule has 3 aromatic rings. The van der Waals surface area contributed by atoms with E-state index in [0.29, 0.717) is 19.0 Å². The molecule has 2 aromatic heterocycles. The number of nitrogens with one attached hydrogen (secondary N) is 2. The number of hydrogen-bond acceptors (Lipinski definition) is 4. The summed E-state index contributed by atoms with van der Waals surface area (Å²) in [6, 6.07) is 12.1. The van der Waals surface area contributed by atoms with Crippen LogP contribution in [0.4, 0.5) is 0 Å². The minimum absolute atomic E-state index is 0. The van der Waals surface area contributed by atoms with Crippen LogP contribution in [0.25, 0.3) is 5.69 Å². The summed E-state index contributed by atoms with van der Waals surface area (Å²) in [6.07, 6.45) is 1.96. The average molecular weight is 496 g/mol. The number of halogens is 1. The highest BCUT2D eigenvalue weighted by Crippen LogP contribution is 2.17. The van der Waals surface area contributed by atoms with Crippen LogP contribution in [0.5, 0.6) is 0 Å². The molecule has 1 aromatic carbocycles. The normalized spacial score (nSPS) is 11.3. The van der Waals surface area contributed by atoms with Crippen LogP contribution in [0.15, 0.2) is 53.0 Å². The molecule has 0 saturated heterocycles. The Morgan fingerprint density at radius 3 is 2.56 bits per heavy atom. The van der Waals surface area contributed by atoms with Gasteiger partial charge in [0, 0.05) is 18.6 Å². The van der Waals surface area contributed by atoms with Crippen LogP contribution in [-0.2, 0) is 13.1 Å². The second-order valence-electron chi connectivity index (χ2n) is 6.19. The molecule has 0 spiro atoms. The van der Waals surface area contributed by atoms with Gasteiger partial charge < -0.3 is 10.6 Å². The number of aliphatic imine (C=N–C) groups is 1. The molecular weight excluding hydrogens is 471 g/mol. The Hall–Kier alpha value is -1.94. The molecule has 6 nitrogen and oxygen atoms in total. The Morgan fingerprint density at radius 1 is 1.15 bits per heavy atom. The van der Waals surface area contributed by atoms with E-state index < -0.39 is 0 Å². The summed E-state index contributed by atoms with van der Waals surface area (Å²) in [5.74, 6) is 1.19. The number of benzene rings is 1. The second-order valence-corrected chi connectivity index (χ2v) is 7.13. The van der Waals surface area contributed by atoms with Gasteiger partial charge in [-0.1, -0.05) is 32.0 Å². The van der Waals surface area contributed by atoms with Gasteiger partial charge in [-0.05, 0) is 24.1 Å². The summed E-state index contributed by atoms with van der Waals surface area (Å²) in [4.78, 5) is 8.89. The lowest BCUT2D eigenvalue weighted by Gasteiger charge is -2.09. The first-order valence-corrected chi connectivity index (χ1v) is 9.52. The van der Waals surface area contributed by atoms with E-state index in [2.05, 4.69) is 44.9 Å². The SMILES string of the molecule is CN=C(NCc1ccn(-c2ccccc2)n1)NCc1nc(C(C)C)cs1.I. The molecule has 2 N–H and O–H groups in total. The second kappa shape index (κ2) is 10.4. The minimum atomic E-state index is 0. The van der Waals surface area contributed by atoms with Crippen LogP contribution in [-0.4, -0.2) is 27.8 Å². The Balaban J connectivity index is 0.00000261. The van der Waals surface area contributed by atoms with Gasteiger partial charge in [0.2, 0.25) is 0 Å². The largest absolute Gasteiger partial charge is 0.351 e. The summed E-state index contributed by atoms with van der Waals surface area (Å²) in [7, 11) is 1.76. The van der Waals surface area contributed by atoms with Gasteiger partial charge in [-0.15, -0.1) is 35.3 Å². The van der Waals surface area contributed by atoms with Crippen molar-refractivity contribution < 1.29 is 0 Å². The van der Waals surface area contributed by atoms with Crippen molar-refractivity contribution in [2.24, 2.45) is 4.99 Å². The van der Waals surface area contributed by atoms with E-state index >= 15 is 0 Å². The van der Waals surface area contributed by atoms with E-state index in [1.807, 2.05) is 47.3 Å². The summed E-state index contributed by atoms with van der Waals surface area (Å²) in [6.45, 7) is 5.58. The molecule has 0 atom stereocenters. The molecule has 0 fully saturated rings. The highest BCUT2D eigenvalue weighted by atomic mass is 127. The topological polar surface area (TPSA) is 67.1 Å². The molecule has 0 radical (unpaired) electrons. The van der Waals surface area contributed by atoms with Gasteiger partial charge in [0.1, 0.15) is 5.01 Å². The number of guanidine groups is 1. The van der Waals surface area contributed by atoms with Crippen molar-refractivity contribution in [3.63, 3.8) is 0 Å². The number of para-hydroxylation sites is 1. The zero-order chi connectivity index (χ0) is 18.4. The highest BCUT2D eigenvalue weighted by molar-refractivity contribution is 14.0. The number of rotatable bonds is 6. The first kappa shape index (κ1) is 21.4. The fraction of sp³-hybridized carbons (Fsp3) is 0.316. The Labute approximate surface area is 181 Å². The summed E-state index contributed by atoms with van der Waals surface area (Å²) < 4.78 is 1.87. The molecule has 27 heavy (non-hydrogen) atoms. The maximum atomic E-state index is 4.63. The third kappa shape index (κ3) is 6.03. The van der Waals surface area contributed by atoms with E-state index in [9.17, 15) is 0 Å². The highest BCUT2D eigenvalue weighted by Gasteiger charge is 2.07. The molecule has 0 aliphatic heterocycles. The number of aromatic nitrogens is 3. The third-order valence-corrected chi connectivity index (χ3v) is 4.76. The predicted octanol–water partition coefficient (Wildman–Crippen LogP) is 3.94. The molecule has 8 heteroatoms. The first-order chi connectivity index (χ1) is 12.7. The molecule has 0 aliphatic rings. The molecule has 0 bridgehead atoms. The predicted molar refractivity (Wildman–Crippen MR) is 122 cm³/mol. The van der Waals surface area contributed by atoms with Crippen molar-refractivity contribution in [3.8, 4) is 5.69 Å². The lowest BCUT2D eigenvalue weighted by molar-refractivity contribution is 0.761. The Morgan fingerprint density at radius 2 is 1.89 bits per heavy atom. The Kier molecular flexibility index (Phi) is 8.23. The van der Waals surface area contributed by atoms with Crippen LogP contribution >= 0.6 is 35.3 Å². The number of thiazole rings is 1. The molecular formula is C19H25IN6S. The quantitative estimate of drug-likeness (QED) is 0.308. The minimum Gasteiger partial charge on any atom is -0.351 e. The lowest BCUT2D eigenvalue weighted by atomic mass is 10.2. The maximum absolute atomic E-state index is 4.63. The van der Waals surface area contributed by atoms with Crippen molar-refractivity contribution in [2.75, 3.05) is 7.05 Å². The molecule has 0 aliphatic carbocycles. The lowest BCUT2D eigenvalue weighted by Crippen LogP contribution is -2.36. The zero-order valence-corrected chi connectivity index (χ0v) is 18.9. The van der Waals surface area contributed by atoms with Crippen molar-refractivity contribution in [3.05, 3.63) is 64.4 Å². The van der Waals surface area contributed by atoms with Crippen LogP contribution in [0.1, 0.15) is 36.2 Å². The smallest absolute Gasteiger partial charge is 0.191 e. The molecule has 0 amide bonds. The van der Waals surface area contributed by atoms with Crippen LogP contribution in [0.2, 0.25) is 0 Å². The van der Waals surface area contributed by atoms with Crippen molar-refractivity contribution in [2.45, 2.75) is 32.9 Å². The Bertz CT molecular complexity index is 856. The zero-order valence-electron chi connectivity index (χ0n) is 15.7. The van der Waals surface area contributed by atoms with E-state index in [-0.39, 0.29) is 24.0 Å². The van der Waals surface area contributed by atoms with Gasteiger partial charge in [0.15, 0.2) is 5.96 Å². The van der Waals surface area contributed by atoms with Gasteiger partial charge in [-0.25, -0.2) is 9.67 Å². The van der Waals surface area contributed by atoms with E-state index in [0.717, 1.165) is 28.0 Å². The standard InChI is InChI=1S/C19H24N6S.HI/c1-14(2)17-13-26-18(23-17)12-22-19(20-3)21-11-15-9-10-25(24-15)16-7-5-4-6-8-16;/h4-10,13-14H,11-12H2,1-3H3,(H2,20,21,22);1H. The van der Waals surface area contributed by atoms with Crippen LogP contribution < -0.4 is 10.6 Å². The van der Waals surface area contributed by atoms with Crippen molar-refractivity contribution in [1.82, 2.24) is 25.4 Å². The van der Waals surface area contributed by atoms with Gasteiger partial charge in [-0.3, -0.25) is 4.99 Å². The van der Waals surface area contributed by atoms with Crippen LogP contribution in [0, 0.1) is 0 Å². The first-order valence-electron chi connectivity index (χ1n) is 8.64. The van der Waals surface area contributed by atoms with E-state index in [1.165, 1.54) is 0 Å².